The lowest BCUT2D eigenvalue weighted by atomic mass is 10.2. The molecule has 0 bridgehead atoms. The molecule has 0 spiro atoms. The van der Waals surface area contributed by atoms with E-state index >= 15 is 0 Å². The van der Waals surface area contributed by atoms with E-state index in [1.54, 1.807) is 0 Å². The fourth-order valence-electron chi connectivity index (χ4n) is 2.21. The maximum absolute atomic E-state index is 5.91. The normalized spacial score (nSPS) is 11.1. The number of nitrogens with zero attached hydrogens (tertiary/aromatic N) is 2. The number of rotatable bonds is 7. The van der Waals surface area contributed by atoms with Crippen LogP contribution >= 0.6 is 0 Å². The van der Waals surface area contributed by atoms with Crippen molar-refractivity contribution in [3.05, 3.63) is 47.3 Å². The van der Waals surface area contributed by atoms with Gasteiger partial charge >= 0.3 is 0 Å². The van der Waals surface area contributed by atoms with E-state index in [1.165, 1.54) is 5.56 Å². The van der Waals surface area contributed by atoms with Crippen molar-refractivity contribution in [1.29, 1.82) is 0 Å². The highest BCUT2D eigenvalue weighted by Crippen LogP contribution is 2.16. The molecule has 4 nitrogen and oxygen atoms in total. The molecule has 4 heteroatoms. The van der Waals surface area contributed by atoms with Crippen LogP contribution in [0.1, 0.15) is 37.7 Å². The van der Waals surface area contributed by atoms with E-state index < -0.39 is 0 Å². The van der Waals surface area contributed by atoms with Crippen LogP contribution in [0.3, 0.4) is 0 Å². The summed E-state index contributed by atoms with van der Waals surface area (Å²) in [5.41, 5.74) is 3.38. The Kier molecular flexibility index (Phi) is 5.39. The SMILES string of the molecule is CCn1nc(C)cc1COc1cccc(CNC(C)C)c1. The van der Waals surface area contributed by atoms with Gasteiger partial charge in [0.15, 0.2) is 0 Å². The lowest BCUT2D eigenvalue weighted by Crippen LogP contribution is -2.21. The molecule has 2 aromatic rings. The molecule has 0 atom stereocenters. The second kappa shape index (κ2) is 7.27. The summed E-state index contributed by atoms with van der Waals surface area (Å²) in [6, 6.07) is 10.8. The van der Waals surface area contributed by atoms with Gasteiger partial charge in [-0.1, -0.05) is 26.0 Å². The molecule has 1 heterocycles. The molecule has 0 radical (unpaired) electrons. The molecule has 0 aliphatic heterocycles. The third kappa shape index (κ3) is 4.60. The van der Waals surface area contributed by atoms with Crippen molar-refractivity contribution in [1.82, 2.24) is 15.1 Å². The van der Waals surface area contributed by atoms with Gasteiger partial charge in [0, 0.05) is 19.1 Å². The molecule has 1 N–H and O–H groups in total. The summed E-state index contributed by atoms with van der Waals surface area (Å²) < 4.78 is 7.89. The van der Waals surface area contributed by atoms with Crippen molar-refractivity contribution in [2.75, 3.05) is 0 Å². The van der Waals surface area contributed by atoms with Gasteiger partial charge in [0.25, 0.3) is 0 Å². The van der Waals surface area contributed by atoms with E-state index in [-0.39, 0.29) is 0 Å². The lowest BCUT2D eigenvalue weighted by molar-refractivity contribution is 0.292. The van der Waals surface area contributed by atoms with Gasteiger partial charge in [0.05, 0.1) is 11.4 Å². The minimum absolute atomic E-state index is 0.483. The van der Waals surface area contributed by atoms with Crippen LogP contribution in [0.2, 0.25) is 0 Å². The predicted octanol–water partition coefficient (Wildman–Crippen LogP) is 3.29. The van der Waals surface area contributed by atoms with Crippen molar-refractivity contribution >= 4 is 0 Å². The molecule has 0 amide bonds. The second-order valence-electron chi connectivity index (χ2n) is 5.56. The van der Waals surface area contributed by atoms with Crippen LogP contribution in [0.4, 0.5) is 0 Å². The molecule has 0 saturated heterocycles. The summed E-state index contributed by atoms with van der Waals surface area (Å²) in [6.07, 6.45) is 0. The number of aryl methyl sites for hydroxylation is 2. The van der Waals surface area contributed by atoms with E-state index in [0.29, 0.717) is 12.6 Å². The second-order valence-corrected chi connectivity index (χ2v) is 5.56. The molecule has 0 saturated carbocycles. The maximum Gasteiger partial charge on any atom is 0.130 e. The largest absolute Gasteiger partial charge is 0.487 e. The van der Waals surface area contributed by atoms with Crippen molar-refractivity contribution in [3.63, 3.8) is 0 Å². The van der Waals surface area contributed by atoms with Gasteiger partial charge in [-0.05, 0) is 37.6 Å². The highest BCUT2D eigenvalue weighted by molar-refractivity contribution is 5.28. The molecular weight excluding hydrogens is 262 g/mol. The zero-order valence-electron chi connectivity index (χ0n) is 13.4. The Morgan fingerprint density at radius 1 is 1.29 bits per heavy atom. The van der Waals surface area contributed by atoms with Crippen LogP contribution in [-0.4, -0.2) is 15.8 Å². The quantitative estimate of drug-likeness (QED) is 0.849. The van der Waals surface area contributed by atoms with Crippen LogP contribution in [0.5, 0.6) is 5.75 Å². The summed E-state index contributed by atoms with van der Waals surface area (Å²) in [7, 11) is 0. The number of hydrogen-bond donors (Lipinski definition) is 1. The Balaban J connectivity index is 1.98. The Hall–Kier alpha value is -1.81. The van der Waals surface area contributed by atoms with Gasteiger partial charge in [-0.3, -0.25) is 4.68 Å². The van der Waals surface area contributed by atoms with Gasteiger partial charge in [-0.25, -0.2) is 0 Å². The van der Waals surface area contributed by atoms with Crippen LogP contribution in [0.15, 0.2) is 30.3 Å². The fourth-order valence-corrected chi connectivity index (χ4v) is 2.21. The lowest BCUT2D eigenvalue weighted by Gasteiger charge is -2.11. The van der Waals surface area contributed by atoms with E-state index in [0.717, 1.165) is 30.2 Å². The molecule has 2 rings (SSSR count). The van der Waals surface area contributed by atoms with Crippen LogP contribution < -0.4 is 10.1 Å². The fraction of sp³-hybridized carbons (Fsp3) is 0.471. The van der Waals surface area contributed by atoms with Gasteiger partial charge in [-0.2, -0.15) is 5.10 Å². The van der Waals surface area contributed by atoms with Crippen LogP contribution in [0, 0.1) is 6.92 Å². The minimum Gasteiger partial charge on any atom is -0.487 e. The average molecular weight is 287 g/mol. The average Bonchev–Trinajstić information content (AvgIpc) is 2.83. The first kappa shape index (κ1) is 15.6. The summed E-state index contributed by atoms with van der Waals surface area (Å²) in [5, 5.41) is 7.85. The summed E-state index contributed by atoms with van der Waals surface area (Å²) in [5.74, 6) is 0.902. The molecule has 114 valence electrons. The first-order valence-electron chi connectivity index (χ1n) is 7.57. The van der Waals surface area contributed by atoms with E-state index in [1.807, 2.05) is 23.7 Å². The number of hydrogen-bond acceptors (Lipinski definition) is 3. The van der Waals surface area contributed by atoms with Crippen LogP contribution in [0.25, 0.3) is 0 Å². The van der Waals surface area contributed by atoms with E-state index in [2.05, 4.69) is 49.4 Å². The Labute approximate surface area is 127 Å². The first-order valence-corrected chi connectivity index (χ1v) is 7.57. The summed E-state index contributed by atoms with van der Waals surface area (Å²) >= 11 is 0. The predicted molar refractivity (Wildman–Crippen MR) is 85.4 cm³/mol. The van der Waals surface area contributed by atoms with Crippen molar-refractivity contribution in [3.8, 4) is 5.75 Å². The molecule has 0 aliphatic carbocycles. The molecule has 1 aromatic heterocycles. The van der Waals surface area contributed by atoms with Crippen molar-refractivity contribution in [2.24, 2.45) is 0 Å². The third-order valence-electron chi connectivity index (χ3n) is 3.28. The highest BCUT2D eigenvalue weighted by Gasteiger charge is 2.05. The Bertz CT molecular complexity index is 575. The van der Waals surface area contributed by atoms with Crippen molar-refractivity contribution in [2.45, 2.75) is 53.4 Å². The topological polar surface area (TPSA) is 39.1 Å². The molecule has 0 fully saturated rings. The molecule has 0 aliphatic rings. The summed E-state index contributed by atoms with van der Waals surface area (Å²) in [6.45, 7) is 10.7. The number of aromatic nitrogens is 2. The first-order chi connectivity index (χ1) is 10.1. The monoisotopic (exact) mass is 287 g/mol. The van der Waals surface area contributed by atoms with Gasteiger partial charge in [-0.15, -0.1) is 0 Å². The van der Waals surface area contributed by atoms with Crippen molar-refractivity contribution < 1.29 is 4.74 Å². The van der Waals surface area contributed by atoms with Gasteiger partial charge in [0.1, 0.15) is 12.4 Å². The van der Waals surface area contributed by atoms with E-state index in [9.17, 15) is 0 Å². The van der Waals surface area contributed by atoms with Gasteiger partial charge in [0.2, 0.25) is 0 Å². The highest BCUT2D eigenvalue weighted by atomic mass is 16.5. The smallest absolute Gasteiger partial charge is 0.130 e. The molecule has 0 unspecified atom stereocenters. The zero-order valence-corrected chi connectivity index (χ0v) is 13.4. The van der Waals surface area contributed by atoms with E-state index in [4.69, 9.17) is 4.74 Å². The van der Waals surface area contributed by atoms with Crippen LogP contribution in [-0.2, 0) is 19.7 Å². The third-order valence-corrected chi connectivity index (χ3v) is 3.28. The number of nitrogens with one attached hydrogen (secondary N) is 1. The number of ether oxygens (including phenoxy) is 1. The standard InChI is InChI=1S/C17H25N3O/c1-5-20-16(9-14(4)19-20)12-21-17-8-6-7-15(10-17)11-18-13(2)3/h6-10,13,18H,5,11-12H2,1-4H3. The van der Waals surface area contributed by atoms with Gasteiger partial charge < -0.3 is 10.1 Å². The zero-order chi connectivity index (χ0) is 15.2. The molecular formula is C17H25N3O. The minimum atomic E-state index is 0.483. The maximum atomic E-state index is 5.91. The summed E-state index contributed by atoms with van der Waals surface area (Å²) in [4.78, 5) is 0. The number of benzene rings is 1. The molecule has 1 aromatic carbocycles. The molecule has 21 heavy (non-hydrogen) atoms. The Morgan fingerprint density at radius 3 is 2.81 bits per heavy atom. The Morgan fingerprint density at radius 2 is 2.10 bits per heavy atom.